The molecule has 2 aromatic carbocycles. The topological polar surface area (TPSA) is 43.8 Å². The Morgan fingerprint density at radius 2 is 1.60 bits per heavy atom. The van der Waals surface area contributed by atoms with Crippen molar-refractivity contribution >= 4 is 17.8 Å². The zero-order valence-electron chi connectivity index (χ0n) is 18.0. The van der Waals surface area contributed by atoms with E-state index in [2.05, 4.69) is 35.1 Å². The number of hydrogen-bond donors (Lipinski definition) is 0. The molecule has 3 rings (SSSR count). The fourth-order valence-electron chi connectivity index (χ4n) is 3.12. The van der Waals surface area contributed by atoms with Crippen LogP contribution in [0, 0.1) is 0 Å². The molecular formula is C25H28N2O3. The smallest absolute Gasteiger partial charge is 0.160 e. The van der Waals surface area contributed by atoms with E-state index >= 15 is 0 Å². The Labute approximate surface area is 178 Å². The lowest BCUT2D eigenvalue weighted by atomic mass is 10.1. The minimum atomic E-state index is 0.747. The van der Waals surface area contributed by atoms with E-state index in [9.17, 15) is 0 Å². The Morgan fingerprint density at radius 3 is 2.30 bits per heavy atom. The number of pyridine rings is 1. The number of aromatic nitrogens is 1. The summed E-state index contributed by atoms with van der Waals surface area (Å²) in [6.07, 6.45) is 6.81. The summed E-state index contributed by atoms with van der Waals surface area (Å²) in [5.41, 5.74) is 4.35. The van der Waals surface area contributed by atoms with Gasteiger partial charge in [0.1, 0.15) is 5.75 Å². The summed E-state index contributed by atoms with van der Waals surface area (Å²) in [6, 6.07) is 18.1. The van der Waals surface area contributed by atoms with E-state index < -0.39 is 0 Å². The van der Waals surface area contributed by atoms with Crippen LogP contribution in [0.3, 0.4) is 0 Å². The molecule has 0 aliphatic carbocycles. The monoisotopic (exact) mass is 404 g/mol. The number of nitrogens with zero attached hydrogens (tertiary/aromatic N) is 2. The SMILES string of the molecule is COc1ccc(/C=C/c2cc(N(C)CCc3ccc(OC)c(OC)c3)ccn2)cc1. The first-order valence-electron chi connectivity index (χ1n) is 9.83. The predicted octanol–water partition coefficient (Wildman–Crippen LogP) is 4.96. The Hall–Kier alpha value is -3.47. The van der Waals surface area contributed by atoms with Gasteiger partial charge in [-0.2, -0.15) is 0 Å². The average Bonchev–Trinajstić information content (AvgIpc) is 2.81. The molecule has 5 heteroatoms. The van der Waals surface area contributed by atoms with Gasteiger partial charge in [0.05, 0.1) is 27.0 Å². The molecule has 3 aromatic rings. The molecule has 0 spiro atoms. The van der Waals surface area contributed by atoms with Crippen molar-refractivity contribution in [3.63, 3.8) is 0 Å². The zero-order valence-corrected chi connectivity index (χ0v) is 18.0. The van der Waals surface area contributed by atoms with E-state index in [1.165, 1.54) is 5.56 Å². The van der Waals surface area contributed by atoms with Crippen LogP contribution >= 0.6 is 0 Å². The zero-order chi connectivity index (χ0) is 21.3. The van der Waals surface area contributed by atoms with Crippen LogP contribution < -0.4 is 19.1 Å². The van der Waals surface area contributed by atoms with E-state index in [1.54, 1.807) is 21.3 Å². The van der Waals surface area contributed by atoms with Crippen molar-refractivity contribution in [2.24, 2.45) is 0 Å². The number of methoxy groups -OCH3 is 3. The Morgan fingerprint density at radius 1 is 0.833 bits per heavy atom. The molecule has 0 bridgehead atoms. The number of hydrogen-bond acceptors (Lipinski definition) is 5. The molecule has 0 aliphatic heterocycles. The van der Waals surface area contributed by atoms with Crippen molar-refractivity contribution in [2.75, 3.05) is 39.8 Å². The second-order valence-electron chi connectivity index (χ2n) is 6.91. The van der Waals surface area contributed by atoms with E-state index in [0.29, 0.717) is 0 Å². The van der Waals surface area contributed by atoms with Crippen LogP contribution in [-0.4, -0.2) is 39.9 Å². The maximum Gasteiger partial charge on any atom is 0.160 e. The normalized spacial score (nSPS) is 10.8. The molecule has 1 heterocycles. The summed E-state index contributed by atoms with van der Waals surface area (Å²) >= 11 is 0. The molecule has 0 radical (unpaired) electrons. The van der Waals surface area contributed by atoms with Crippen molar-refractivity contribution < 1.29 is 14.2 Å². The first-order valence-corrected chi connectivity index (χ1v) is 9.83. The van der Waals surface area contributed by atoms with Gasteiger partial charge in [-0.05, 0) is 60.0 Å². The fourth-order valence-corrected chi connectivity index (χ4v) is 3.12. The van der Waals surface area contributed by atoms with Gasteiger partial charge in [-0.3, -0.25) is 4.98 Å². The van der Waals surface area contributed by atoms with Gasteiger partial charge in [0.2, 0.25) is 0 Å². The third-order valence-electron chi connectivity index (χ3n) is 4.95. The van der Waals surface area contributed by atoms with E-state index in [0.717, 1.165) is 47.2 Å². The third-order valence-corrected chi connectivity index (χ3v) is 4.95. The van der Waals surface area contributed by atoms with Crippen LogP contribution in [0.4, 0.5) is 5.69 Å². The average molecular weight is 405 g/mol. The van der Waals surface area contributed by atoms with Gasteiger partial charge in [0.15, 0.2) is 11.5 Å². The Kier molecular flexibility index (Phi) is 7.33. The quantitative estimate of drug-likeness (QED) is 0.504. The van der Waals surface area contributed by atoms with Gasteiger partial charge < -0.3 is 19.1 Å². The largest absolute Gasteiger partial charge is 0.497 e. The summed E-state index contributed by atoms with van der Waals surface area (Å²) in [6.45, 7) is 0.876. The maximum atomic E-state index is 5.40. The van der Waals surface area contributed by atoms with Gasteiger partial charge in [-0.15, -0.1) is 0 Å². The van der Waals surface area contributed by atoms with Crippen LogP contribution in [0.25, 0.3) is 12.2 Å². The number of likely N-dealkylation sites (N-methyl/N-ethyl adjacent to an activating group) is 1. The van der Waals surface area contributed by atoms with Crippen molar-refractivity contribution in [2.45, 2.75) is 6.42 Å². The Balaban J connectivity index is 1.64. The highest BCUT2D eigenvalue weighted by Crippen LogP contribution is 2.28. The van der Waals surface area contributed by atoms with E-state index in [-0.39, 0.29) is 0 Å². The molecule has 5 nitrogen and oxygen atoms in total. The highest BCUT2D eigenvalue weighted by Gasteiger charge is 2.07. The van der Waals surface area contributed by atoms with Crippen LogP contribution in [0.2, 0.25) is 0 Å². The highest BCUT2D eigenvalue weighted by atomic mass is 16.5. The lowest BCUT2D eigenvalue weighted by Gasteiger charge is -2.20. The second-order valence-corrected chi connectivity index (χ2v) is 6.91. The molecule has 0 aliphatic rings. The molecule has 0 saturated heterocycles. The molecule has 0 amide bonds. The fraction of sp³-hybridized carbons (Fsp3) is 0.240. The Bertz CT molecular complexity index is 984. The molecule has 156 valence electrons. The number of anilines is 1. The first kappa shape index (κ1) is 21.2. The molecular weight excluding hydrogens is 376 g/mol. The van der Waals surface area contributed by atoms with E-state index in [4.69, 9.17) is 14.2 Å². The molecule has 0 saturated carbocycles. The van der Waals surface area contributed by atoms with Gasteiger partial charge in [0.25, 0.3) is 0 Å². The van der Waals surface area contributed by atoms with Crippen molar-refractivity contribution in [3.05, 3.63) is 77.6 Å². The number of ether oxygens (including phenoxy) is 3. The summed E-state index contributed by atoms with van der Waals surface area (Å²) < 4.78 is 15.9. The van der Waals surface area contributed by atoms with Crippen molar-refractivity contribution in [1.29, 1.82) is 0 Å². The molecule has 0 N–H and O–H groups in total. The highest BCUT2D eigenvalue weighted by molar-refractivity contribution is 5.69. The summed E-state index contributed by atoms with van der Waals surface area (Å²) in [5, 5.41) is 0. The summed E-state index contributed by atoms with van der Waals surface area (Å²) in [7, 11) is 7.07. The van der Waals surface area contributed by atoms with Gasteiger partial charge in [-0.1, -0.05) is 24.3 Å². The summed E-state index contributed by atoms with van der Waals surface area (Å²) in [4.78, 5) is 6.69. The van der Waals surface area contributed by atoms with Crippen molar-refractivity contribution in [1.82, 2.24) is 4.98 Å². The molecule has 0 fully saturated rings. The number of benzene rings is 2. The van der Waals surface area contributed by atoms with Crippen LogP contribution in [0.1, 0.15) is 16.8 Å². The molecule has 1 aromatic heterocycles. The molecule has 30 heavy (non-hydrogen) atoms. The van der Waals surface area contributed by atoms with Crippen LogP contribution in [0.15, 0.2) is 60.8 Å². The lowest BCUT2D eigenvalue weighted by Crippen LogP contribution is -2.20. The van der Waals surface area contributed by atoms with Gasteiger partial charge >= 0.3 is 0 Å². The third kappa shape index (κ3) is 5.54. The number of rotatable bonds is 9. The molecule has 0 unspecified atom stereocenters. The maximum absolute atomic E-state index is 5.40. The minimum absolute atomic E-state index is 0.747. The van der Waals surface area contributed by atoms with Crippen LogP contribution in [0.5, 0.6) is 17.2 Å². The second kappa shape index (κ2) is 10.3. The standard InChI is InChI=1S/C25H28N2O3/c1-27(16-14-20-8-12-24(29-3)25(17-20)30-4)22-13-15-26-21(18-22)9-5-19-6-10-23(28-2)11-7-19/h5-13,15,17-18H,14,16H2,1-4H3/b9-5+. The molecule has 0 atom stereocenters. The van der Waals surface area contributed by atoms with Gasteiger partial charge in [-0.25, -0.2) is 0 Å². The van der Waals surface area contributed by atoms with Gasteiger partial charge in [0, 0.05) is 25.5 Å². The van der Waals surface area contributed by atoms with Crippen LogP contribution in [-0.2, 0) is 6.42 Å². The lowest BCUT2D eigenvalue weighted by molar-refractivity contribution is 0.354. The minimum Gasteiger partial charge on any atom is -0.497 e. The predicted molar refractivity (Wildman–Crippen MR) is 123 cm³/mol. The first-order chi connectivity index (χ1) is 14.6. The summed E-state index contributed by atoms with van der Waals surface area (Å²) in [5.74, 6) is 2.35. The van der Waals surface area contributed by atoms with E-state index in [1.807, 2.05) is 54.7 Å². The van der Waals surface area contributed by atoms with Crippen molar-refractivity contribution in [3.8, 4) is 17.2 Å².